The first kappa shape index (κ1) is 9.53. The number of hydrogen-bond acceptors (Lipinski definition) is 2. The third-order valence-corrected chi connectivity index (χ3v) is 1.99. The number of aromatic nitrogens is 1. The van der Waals surface area contributed by atoms with Gasteiger partial charge in [-0.15, -0.1) is 0 Å². The van der Waals surface area contributed by atoms with Crippen molar-refractivity contribution in [1.82, 2.24) is 4.98 Å². The van der Waals surface area contributed by atoms with E-state index in [2.05, 4.69) is 4.98 Å². The summed E-state index contributed by atoms with van der Waals surface area (Å²) in [5.41, 5.74) is -0.208. The lowest BCUT2D eigenvalue weighted by Gasteiger charge is -1.99. The van der Waals surface area contributed by atoms with Gasteiger partial charge in [-0.25, -0.2) is 9.37 Å². The molecule has 0 aliphatic rings. The molecular weight excluding hydrogens is 225 g/mol. The highest BCUT2D eigenvalue weighted by atomic mass is 35.5. The van der Waals surface area contributed by atoms with Crippen LogP contribution in [0.4, 0.5) is 4.39 Å². The number of rotatable bonds is 0. The Bertz CT molecular complexity index is 372. The van der Waals surface area contributed by atoms with Crippen LogP contribution in [0.2, 0.25) is 15.3 Å². The number of nitrogens with zero attached hydrogens (tertiary/aromatic N) is 2. The monoisotopic (exact) mass is 224 g/mol. The molecule has 0 aliphatic carbocycles. The van der Waals surface area contributed by atoms with Crippen molar-refractivity contribution >= 4 is 34.8 Å². The summed E-state index contributed by atoms with van der Waals surface area (Å²) in [6.45, 7) is 0. The normalized spacial score (nSPS) is 9.58. The molecular formula is C6Cl3FN2. The zero-order valence-electron chi connectivity index (χ0n) is 5.41. The number of nitriles is 1. The Morgan fingerprint density at radius 3 is 2.33 bits per heavy atom. The second kappa shape index (κ2) is 3.44. The van der Waals surface area contributed by atoms with Gasteiger partial charge in [0, 0.05) is 0 Å². The second-order valence-corrected chi connectivity index (χ2v) is 2.90. The van der Waals surface area contributed by atoms with Gasteiger partial charge in [0.1, 0.15) is 21.8 Å². The fourth-order valence-corrected chi connectivity index (χ4v) is 1.34. The standard InChI is InChI=1S/C6Cl3FN2/c7-3-2(1-11)5(8)12-6(9)4(3)10. The summed E-state index contributed by atoms with van der Waals surface area (Å²) in [6.07, 6.45) is 0. The molecule has 0 fully saturated rings. The molecule has 0 N–H and O–H groups in total. The van der Waals surface area contributed by atoms with E-state index < -0.39 is 16.0 Å². The van der Waals surface area contributed by atoms with Crippen molar-refractivity contribution in [3.63, 3.8) is 0 Å². The van der Waals surface area contributed by atoms with Gasteiger partial charge in [0.25, 0.3) is 0 Å². The number of hydrogen-bond donors (Lipinski definition) is 0. The summed E-state index contributed by atoms with van der Waals surface area (Å²) in [4.78, 5) is 3.35. The van der Waals surface area contributed by atoms with E-state index in [1.54, 1.807) is 6.07 Å². The zero-order valence-corrected chi connectivity index (χ0v) is 7.67. The molecule has 0 saturated heterocycles. The van der Waals surface area contributed by atoms with Crippen molar-refractivity contribution in [1.29, 1.82) is 5.26 Å². The summed E-state index contributed by atoms with van der Waals surface area (Å²) in [6, 6.07) is 1.61. The molecule has 0 aliphatic heterocycles. The maximum atomic E-state index is 12.8. The van der Waals surface area contributed by atoms with Crippen LogP contribution in [0.1, 0.15) is 5.56 Å². The summed E-state index contributed by atoms with van der Waals surface area (Å²) in [7, 11) is 0. The number of pyridine rings is 1. The van der Waals surface area contributed by atoms with Gasteiger partial charge in [-0.05, 0) is 0 Å². The Morgan fingerprint density at radius 2 is 1.83 bits per heavy atom. The Balaban J connectivity index is 3.54. The van der Waals surface area contributed by atoms with Crippen molar-refractivity contribution in [3.05, 3.63) is 26.7 Å². The molecule has 0 bridgehead atoms. The minimum absolute atomic E-state index is 0.200. The molecule has 1 rings (SSSR count). The first-order valence-electron chi connectivity index (χ1n) is 2.68. The highest BCUT2D eigenvalue weighted by Gasteiger charge is 2.15. The third kappa shape index (κ3) is 1.46. The molecule has 1 heterocycles. The lowest BCUT2D eigenvalue weighted by Crippen LogP contribution is -1.91. The van der Waals surface area contributed by atoms with Gasteiger partial charge >= 0.3 is 0 Å². The molecule has 2 nitrogen and oxygen atoms in total. The second-order valence-electron chi connectivity index (χ2n) is 1.81. The maximum absolute atomic E-state index is 12.8. The van der Waals surface area contributed by atoms with Gasteiger partial charge in [0.2, 0.25) is 0 Å². The predicted octanol–water partition coefficient (Wildman–Crippen LogP) is 3.05. The first-order chi connectivity index (χ1) is 5.57. The van der Waals surface area contributed by atoms with Crippen molar-refractivity contribution in [2.24, 2.45) is 0 Å². The lowest BCUT2D eigenvalue weighted by molar-refractivity contribution is 0.622. The molecule has 0 saturated carbocycles. The molecule has 62 valence electrons. The van der Waals surface area contributed by atoms with E-state index in [0.29, 0.717) is 0 Å². The average Bonchev–Trinajstić information content (AvgIpc) is 2.01. The van der Waals surface area contributed by atoms with E-state index in [9.17, 15) is 4.39 Å². The largest absolute Gasteiger partial charge is 0.220 e. The molecule has 0 unspecified atom stereocenters. The topological polar surface area (TPSA) is 36.7 Å². The van der Waals surface area contributed by atoms with E-state index in [-0.39, 0.29) is 10.7 Å². The van der Waals surface area contributed by atoms with E-state index >= 15 is 0 Å². The third-order valence-electron chi connectivity index (χ3n) is 1.11. The van der Waals surface area contributed by atoms with Gasteiger partial charge in [-0.1, -0.05) is 34.8 Å². The SMILES string of the molecule is N#Cc1c(Cl)nc(Cl)c(F)c1Cl. The Morgan fingerprint density at radius 1 is 1.25 bits per heavy atom. The first-order valence-corrected chi connectivity index (χ1v) is 3.81. The number of halogens is 4. The Hall–Kier alpha value is -0.560. The highest BCUT2D eigenvalue weighted by molar-refractivity contribution is 6.38. The van der Waals surface area contributed by atoms with Crippen LogP contribution in [0.25, 0.3) is 0 Å². The van der Waals surface area contributed by atoms with Crippen LogP contribution in [0, 0.1) is 17.1 Å². The average molecular weight is 225 g/mol. The molecule has 0 aromatic carbocycles. The van der Waals surface area contributed by atoms with Gasteiger partial charge in [0.05, 0.1) is 0 Å². The maximum Gasteiger partial charge on any atom is 0.180 e. The van der Waals surface area contributed by atoms with Crippen LogP contribution in [0.15, 0.2) is 0 Å². The summed E-state index contributed by atoms with van der Waals surface area (Å²) in [5, 5.41) is 7.40. The Kier molecular flexibility index (Phi) is 2.73. The van der Waals surface area contributed by atoms with E-state index in [0.717, 1.165) is 0 Å². The molecule has 1 aromatic heterocycles. The predicted molar refractivity (Wildman–Crippen MR) is 43.9 cm³/mol. The van der Waals surface area contributed by atoms with Gasteiger partial charge in [-0.3, -0.25) is 0 Å². The van der Waals surface area contributed by atoms with Crippen molar-refractivity contribution in [3.8, 4) is 6.07 Å². The summed E-state index contributed by atoms with van der Waals surface area (Å²) in [5.74, 6) is -0.931. The van der Waals surface area contributed by atoms with Crippen LogP contribution in [-0.2, 0) is 0 Å². The Labute approximate surface area is 82.5 Å². The quantitative estimate of drug-likeness (QED) is 0.636. The van der Waals surface area contributed by atoms with Gasteiger partial charge in [-0.2, -0.15) is 5.26 Å². The lowest BCUT2D eigenvalue weighted by atomic mass is 10.3. The smallest absolute Gasteiger partial charge is 0.180 e. The molecule has 1 aromatic rings. The summed E-state index contributed by atoms with van der Waals surface area (Å²) < 4.78 is 12.8. The van der Waals surface area contributed by atoms with E-state index in [4.69, 9.17) is 40.1 Å². The van der Waals surface area contributed by atoms with Crippen molar-refractivity contribution in [2.75, 3.05) is 0 Å². The molecule has 0 atom stereocenters. The fourth-order valence-electron chi connectivity index (χ4n) is 0.577. The van der Waals surface area contributed by atoms with Crippen LogP contribution in [0.3, 0.4) is 0 Å². The van der Waals surface area contributed by atoms with Crippen molar-refractivity contribution in [2.45, 2.75) is 0 Å². The van der Waals surface area contributed by atoms with E-state index in [1.165, 1.54) is 0 Å². The van der Waals surface area contributed by atoms with Crippen molar-refractivity contribution < 1.29 is 4.39 Å². The molecule has 0 amide bonds. The van der Waals surface area contributed by atoms with Gasteiger partial charge < -0.3 is 0 Å². The molecule has 0 radical (unpaired) electrons. The molecule has 0 spiro atoms. The van der Waals surface area contributed by atoms with Crippen LogP contribution < -0.4 is 0 Å². The minimum Gasteiger partial charge on any atom is -0.220 e. The minimum atomic E-state index is -0.931. The highest BCUT2D eigenvalue weighted by Crippen LogP contribution is 2.28. The summed E-state index contributed by atoms with van der Waals surface area (Å²) >= 11 is 16.1. The van der Waals surface area contributed by atoms with Gasteiger partial charge in [0.15, 0.2) is 11.0 Å². The van der Waals surface area contributed by atoms with Crippen LogP contribution >= 0.6 is 34.8 Å². The van der Waals surface area contributed by atoms with Crippen LogP contribution in [-0.4, -0.2) is 4.98 Å². The zero-order chi connectivity index (χ0) is 9.30. The fraction of sp³-hybridized carbons (Fsp3) is 0. The molecule has 6 heteroatoms. The molecule has 12 heavy (non-hydrogen) atoms. The van der Waals surface area contributed by atoms with Crippen LogP contribution in [0.5, 0.6) is 0 Å². The van der Waals surface area contributed by atoms with E-state index in [1.807, 2.05) is 0 Å².